The Kier molecular flexibility index (Phi) is 5.74. The molecule has 0 aliphatic heterocycles. The minimum atomic E-state index is -0.652. The van der Waals surface area contributed by atoms with Crippen molar-refractivity contribution in [2.45, 2.75) is 34.2 Å². The number of rotatable bonds is 4. The van der Waals surface area contributed by atoms with Crippen LogP contribution in [0.25, 0.3) is 16.5 Å². The number of nitrogens with one attached hydrogen (secondary N) is 2. The highest BCUT2D eigenvalue weighted by Gasteiger charge is 2.20. The third-order valence-electron chi connectivity index (χ3n) is 5.24. The maximum atomic E-state index is 12.8. The van der Waals surface area contributed by atoms with Crippen LogP contribution in [0.2, 0.25) is 0 Å². The van der Waals surface area contributed by atoms with E-state index in [0.717, 1.165) is 16.8 Å². The molecular formula is C23H23N7O3. The first-order chi connectivity index (χ1) is 15.8. The van der Waals surface area contributed by atoms with Crippen LogP contribution in [0.4, 0.5) is 0 Å². The van der Waals surface area contributed by atoms with E-state index in [0.29, 0.717) is 23.0 Å². The second-order valence-electron chi connectivity index (χ2n) is 7.64. The maximum Gasteiger partial charge on any atom is 0.292 e. The molecule has 4 rings (SSSR count). The van der Waals surface area contributed by atoms with Crippen LogP contribution in [-0.4, -0.2) is 36.6 Å². The Labute approximate surface area is 189 Å². The van der Waals surface area contributed by atoms with Crippen LogP contribution < -0.4 is 16.4 Å². The summed E-state index contributed by atoms with van der Waals surface area (Å²) in [4.78, 5) is 39.4. The Morgan fingerprint density at radius 2 is 1.55 bits per heavy atom. The molecule has 10 heteroatoms. The fourth-order valence-corrected chi connectivity index (χ4v) is 3.58. The molecule has 0 fully saturated rings. The number of carbonyl (C=O) groups excluding carboxylic acids is 2. The molecule has 33 heavy (non-hydrogen) atoms. The first kappa shape index (κ1) is 21.9. The zero-order chi connectivity index (χ0) is 23.7. The molecular weight excluding hydrogens is 422 g/mol. The molecule has 0 radical (unpaired) electrons. The fourth-order valence-electron chi connectivity index (χ4n) is 3.58. The van der Waals surface area contributed by atoms with Crippen molar-refractivity contribution in [2.24, 2.45) is 0 Å². The number of amides is 2. The lowest BCUT2D eigenvalue weighted by atomic mass is 10.1. The quantitative estimate of drug-likeness (QED) is 0.463. The van der Waals surface area contributed by atoms with Crippen LogP contribution in [0.5, 0.6) is 0 Å². The highest BCUT2D eigenvalue weighted by Crippen LogP contribution is 2.16. The molecule has 2 N–H and O–H groups in total. The molecule has 0 saturated heterocycles. The molecule has 2 amide bonds. The third kappa shape index (κ3) is 4.10. The van der Waals surface area contributed by atoms with Gasteiger partial charge >= 0.3 is 0 Å². The average Bonchev–Trinajstić information content (AvgIpc) is 3.19. The standard InChI is InChI=1S/C23H23N7O3/c1-5-29-23(33)17-9-7-6-8-16(17)20(27-29)22(32)25-24-21(31)19-15(4)26-30(28-19)18-11-10-13(2)12-14(18)3/h6-12H,5H2,1-4H3,(H,24,31)(H,25,32). The van der Waals surface area contributed by atoms with Gasteiger partial charge in [0.05, 0.1) is 16.8 Å². The summed E-state index contributed by atoms with van der Waals surface area (Å²) in [6.07, 6.45) is 0. The molecule has 2 heterocycles. The Bertz CT molecular complexity index is 1450. The van der Waals surface area contributed by atoms with E-state index < -0.39 is 11.8 Å². The van der Waals surface area contributed by atoms with Crippen molar-refractivity contribution in [2.75, 3.05) is 0 Å². The Hall–Kier alpha value is -4.34. The van der Waals surface area contributed by atoms with Gasteiger partial charge in [-0.25, -0.2) is 4.68 Å². The number of nitrogens with zero attached hydrogens (tertiary/aromatic N) is 5. The molecule has 10 nitrogen and oxygen atoms in total. The lowest BCUT2D eigenvalue weighted by molar-refractivity contribution is 0.0840. The molecule has 168 valence electrons. The van der Waals surface area contributed by atoms with Crippen molar-refractivity contribution in [1.29, 1.82) is 0 Å². The van der Waals surface area contributed by atoms with E-state index in [4.69, 9.17) is 0 Å². The molecule has 4 aromatic rings. The van der Waals surface area contributed by atoms with Crippen molar-refractivity contribution >= 4 is 22.6 Å². The summed E-state index contributed by atoms with van der Waals surface area (Å²) in [5, 5.41) is 13.6. The van der Waals surface area contributed by atoms with Crippen LogP contribution >= 0.6 is 0 Å². The van der Waals surface area contributed by atoms with E-state index in [1.54, 1.807) is 38.1 Å². The van der Waals surface area contributed by atoms with E-state index in [9.17, 15) is 14.4 Å². The van der Waals surface area contributed by atoms with Crippen LogP contribution in [0.1, 0.15) is 44.7 Å². The molecule has 0 bridgehead atoms. The fraction of sp³-hybridized carbons (Fsp3) is 0.217. The number of fused-ring (bicyclic) bond motifs is 1. The molecule has 2 aromatic heterocycles. The topological polar surface area (TPSA) is 124 Å². The molecule has 0 unspecified atom stereocenters. The van der Waals surface area contributed by atoms with Crippen LogP contribution in [-0.2, 0) is 6.54 Å². The molecule has 0 aliphatic carbocycles. The summed E-state index contributed by atoms with van der Waals surface area (Å²) in [5.74, 6) is -1.27. The summed E-state index contributed by atoms with van der Waals surface area (Å²) in [6.45, 7) is 7.65. The van der Waals surface area contributed by atoms with Crippen LogP contribution in [0.15, 0.2) is 47.3 Å². The van der Waals surface area contributed by atoms with Crippen LogP contribution in [0, 0.1) is 20.8 Å². The van der Waals surface area contributed by atoms with E-state index in [1.807, 2.05) is 32.0 Å². The smallest absolute Gasteiger partial charge is 0.267 e. The Morgan fingerprint density at radius 1 is 0.879 bits per heavy atom. The number of aromatic nitrogens is 5. The molecule has 0 atom stereocenters. The molecule has 0 saturated carbocycles. The van der Waals surface area contributed by atoms with Crippen molar-refractivity contribution < 1.29 is 9.59 Å². The third-order valence-corrected chi connectivity index (χ3v) is 5.24. The Balaban J connectivity index is 1.57. The average molecular weight is 445 g/mol. The van der Waals surface area contributed by atoms with Gasteiger partial charge in [0.15, 0.2) is 11.4 Å². The summed E-state index contributed by atoms with van der Waals surface area (Å²) < 4.78 is 1.21. The van der Waals surface area contributed by atoms with Gasteiger partial charge in [-0.15, -0.1) is 5.10 Å². The van der Waals surface area contributed by atoms with Crippen molar-refractivity contribution in [3.63, 3.8) is 0 Å². The van der Waals surface area contributed by atoms with Gasteiger partial charge in [0.25, 0.3) is 17.4 Å². The lowest BCUT2D eigenvalue weighted by Gasteiger charge is -2.10. The largest absolute Gasteiger partial charge is 0.292 e. The van der Waals surface area contributed by atoms with Crippen LogP contribution in [0.3, 0.4) is 0 Å². The van der Waals surface area contributed by atoms with Gasteiger partial charge in [-0.3, -0.25) is 25.2 Å². The van der Waals surface area contributed by atoms with Crippen molar-refractivity contribution in [3.8, 4) is 5.69 Å². The van der Waals surface area contributed by atoms with Gasteiger partial charge in [-0.05, 0) is 45.4 Å². The monoisotopic (exact) mass is 445 g/mol. The van der Waals surface area contributed by atoms with Gasteiger partial charge < -0.3 is 0 Å². The predicted molar refractivity (Wildman–Crippen MR) is 122 cm³/mol. The molecule has 2 aromatic carbocycles. The minimum absolute atomic E-state index is 0.0306. The second kappa shape index (κ2) is 8.65. The first-order valence-corrected chi connectivity index (χ1v) is 10.4. The van der Waals surface area contributed by atoms with E-state index in [2.05, 4.69) is 26.1 Å². The van der Waals surface area contributed by atoms with Crippen molar-refractivity contribution in [3.05, 3.63) is 81.0 Å². The highest BCUT2D eigenvalue weighted by molar-refractivity contribution is 6.05. The number of hydrogen-bond acceptors (Lipinski definition) is 6. The van der Waals surface area contributed by atoms with Gasteiger partial charge in [-0.1, -0.05) is 35.9 Å². The normalized spacial score (nSPS) is 10.9. The second-order valence-corrected chi connectivity index (χ2v) is 7.64. The molecule has 0 aliphatic rings. The van der Waals surface area contributed by atoms with Gasteiger partial charge in [0.2, 0.25) is 0 Å². The van der Waals surface area contributed by atoms with E-state index in [1.165, 1.54) is 9.48 Å². The number of hydrogen-bond donors (Lipinski definition) is 2. The van der Waals surface area contributed by atoms with Crippen molar-refractivity contribution in [1.82, 2.24) is 35.6 Å². The number of aryl methyl sites for hydroxylation is 4. The van der Waals surface area contributed by atoms with Gasteiger partial charge in [0.1, 0.15) is 0 Å². The minimum Gasteiger partial charge on any atom is -0.267 e. The summed E-state index contributed by atoms with van der Waals surface area (Å²) in [5.41, 5.74) is 7.78. The zero-order valence-corrected chi connectivity index (χ0v) is 18.7. The first-order valence-electron chi connectivity index (χ1n) is 10.4. The summed E-state index contributed by atoms with van der Waals surface area (Å²) >= 11 is 0. The Morgan fingerprint density at radius 3 is 2.21 bits per heavy atom. The summed E-state index contributed by atoms with van der Waals surface area (Å²) in [7, 11) is 0. The number of benzene rings is 2. The predicted octanol–water partition coefficient (Wildman–Crippen LogP) is 2.00. The maximum absolute atomic E-state index is 12.8. The lowest BCUT2D eigenvalue weighted by Crippen LogP contribution is -2.43. The SMILES string of the molecule is CCn1nc(C(=O)NNC(=O)c2nn(-c3ccc(C)cc3C)nc2C)c2ccccc2c1=O. The van der Waals surface area contributed by atoms with Gasteiger partial charge in [0, 0.05) is 11.9 Å². The highest BCUT2D eigenvalue weighted by atomic mass is 16.2. The number of hydrazine groups is 1. The summed E-state index contributed by atoms with van der Waals surface area (Å²) in [6, 6.07) is 12.5. The molecule has 0 spiro atoms. The zero-order valence-electron chi connectivity index (χ0n) is 18.7. The van der Waals surface area contributed by atoms with E-state index >= 15 is 0 Å². The van der Waals surface area contributed by atoms with E-state index in [-0.39, 0.29) is 16.9 Å². The number of carbonyl (C=O) groups is 2. The van der Waals surface area contributed by atoms with Gasteiger partial charge in [-0.2, -0.15) is 15.0 Å².